The largest absolute Gasteiger partial charge is 0.307 e. The second-order valence-corrected chi connectivity index (χ2v) is 37.9. The Kier molecular flexibility index (Phi) is 17.1. The van der Waals surface area contributed by atoms with Crippen LogP contribution in [-0.2, 0) is 0 Å². The number of benzene rings is 24. The smallest absolute Gasteiger partial charge is 0.116 e. The van der Waals surface area contributed by atoms with Crippen LogP contribution in [0.25, 0.3) is 295 Å². The zero-order valence-corrected chi connectivity index (χ0v) is 77.5. The summed E-state index contributed by atoms with van der Waals surface area (Å²) in [4.78, 5) is 24.2. The van der Waals surface area contributed by atoms with Crippen molar-refractivity contribution in [2.45, 2.75) is 0 Å². The first kappa shape index (κ1) is 79.6. The highest BCUT2D eigenvalue weighted by Gasteiger charge is 2.32. The lowest BCUT2D eigenvalue weighted by Crippen LogP contribution is -1.99. The first-order valence-electron chi connectivity index (χ1n) is 49.2. The average Bonchev–Trinajstić information content (AvgIpc) is 1.53. The van der Waals surface area contributed by atoms with Gasteiger partial charge in [0, 0.05) is 134 Å². The molecule has 0 N–H and O–H groups in total. The molecule has 0 saturated carbocycles. The quantitative estimate of drug-likeness (QED) is 0.155. The average molecular weight is 1830 g/mol. The van der Waals surface area contributed by atoms with E-state index in [1.165, 1.54) is 173 Å². The standard InChI is InChI=1S/C45H27N3.2C44H26N4/c1-2-13-28(14-3-1)47-39-22-10-8-19-35(39)41-37-21-12-26-46-43(37)42-36-20-9-11-23-40(36)48(45(42)44(41)47)29-24-25-34-32-17-5-4-15-30(32)31-16-6-7-18-33(31)38(34)27-29;1-2-12-27(13-3-1)47-39-21-11-9-19-35(39)41-42-37(25-45-26-46-42)40-34-18-8-10-20-38(34)48(43(40)44(41)47)28-22-23-33-31-16-5-4-14-29(31)30-15-6-7-17-32(30)36(33)24-28;1-2-12-27(13-3-1)47-38-20-10-8-18-34(38)40-37-25-45-26-46-42(37)41-35-19-9-11-21-39(35)48(44(41)43(40)47)28-22-23-33-31-16-5-4-14-29(31)30-15-6-7-17-32(30)36(33)24-28/h1-27H;2*1-26H. The fraction of sp³-hybridized carbons (Fsp3) is 0. The summed E-state index contributed by atoms with van der Waals surface area (Å²) in [7, 11) is 0. The molecule has 33 rings (SSSR count). The third-order valence-corrected chi connectivity index (χ3v) is 30.7. The van der Waals surface area contributed by atoms with Crippen LogP contribution in [0.4, 0.5) is 0 Å². The Bertz CT molecular complexity index is 10200. The van der Waals surface area contributed by atoms with Crippen molar-refractivity contribution in [2.75, 3.05) is 0 Å². The number of hydrogen-bond acceptors (Lipinski definition) is 5. The molecule has 0 amide bonds. The van der Waals surface area contributed by atoms with Crippen molar-refractivity contribution in [3.63, 3.8) is 0 Å². The van der Waals surface area contributed by atoms with E-state index in [1.807, 2.05) is 18.6 Å². The Balaban J connectivity index is 0.0000000986. The summed E-state index contributed by atoms with van der Waals surface area (Å²) in [5.74, 6) is 0. The molecule has 0 aliphatic heterocycles. The van der Waals surface area contributed by atoms with E-state index in [4.69, 9.17) is 15.0 Å². The summed E-state index contributed by atoms with van der Waals surface area (Å²) in [5.41, 5.74) is 23.6. The predicted octanol–water partition coefficient (Wildman–Crippen LogP) is 34.5. The van der Waals surface area contributed by atoms with Crippen LogP contribution in [0.3, 0.4) is 0 Å². The van der Waals surface area contributed by atoms with Crippen LogP contribution in [-0.4, -0.2) is 52.3 Å². The van der Waals surface area contributed by atoms with Crippen LogP contribution in [0.1, 0.15) is 0 Å². The van der Waals surface area contributed by atoms with Gasteiger partial charge in [0.15, 0.2) is 0 Å². The zero-order chi connectivity index (χ0) is 94.0. The summed E-state index contributed by atoms with van der Waals surface area (Å²) >= 11 is 0. The fourth-order valence-corrected chi connectivity index (χ4v) is 25.0. The van der Waals surface area contributed by atoms with Gasteiger partial charge < -0.3 is 27.4 Å². The lowest BCUT2D eigenvalue weighted by Gasteiger charge is -2.15. The van der Waals surface area contributed by atoms with Crippen LogP contribution >= 0.6 is 0 Å². The third kappa shape index (κ3) is 11.3. The van der Waals surface area contributed by atoms with Crippen molar-refractivity contribution in [3.8, 4) is 34.1 Å². The molecule has 11 heteroatoms. The topological polar surface area (TPSA) is 94.0 Å². The molecule has 33 aromatic rings. The highest BCUT2D eigenvalue weighted by Crippen LogP contribution is 2.53. The number of aromatic nitrogens is 11. The van der Waals surface area contributed by atoms with Crippen LogP contribution < -0.4 is 0 Å². The minimum Gasteiger partial charge on any atom is -0.307 e. The molecule has 0 aliphatic rings. The Morgan fingerprint density at radius 2 is 0.326 bits per heavy atom. The van der Waals surface area contributed by atoms with Gasteiger partial charge in [-0.1, -0.05) is 334 Å². The van der Waals surface area contributed by atoms with Gasteiger partial charge in [0.2, 0.25) is 0 Å². The van der Waals surface area contributed by atoms with Gasteiger partial charge >= 0.3 is 0 Å². The predicted molar refractivity (Wildman–Crippen MR) is 604 cm³/mol. The minimum atomic E-state index is 0.968. The first-order chi connectivity index (χ1) is 71.6. The van der Waals surface area contributed by atoms with Crippen molar-refractivity contribution < 1.29 is 0 Å². The monoisotopic (exact) mass is 1830 g/mol. The molecule has 144 heavy (non-hydrogen) atoms. The number of para-hydroxylation sites is 9. The molecule has 0 unspecified atom stereocenters. The van der Waals surface area contributed by atoms with E-state index in [9.17, 15) is 0 Å². The van der Waals surface area contributed by atoms with Crippen molar-refractivity contribution >= 4 is 260 Å². The molecule has 11 nitrogen and oxygen atoms in total. The normalized spacial score (nSPS) is 12.2. The number of hydrogen-bond donors (Lipinski definition) is 0. The highest BCUT2D eigenvalue weighted by atomic mass is 15.1. The van der Waals surface area contributed by atoms with E-state index in [0.717, 1.165) is 122 Å². The molecule has 0 spiro atoms. The molecule has 0 aliphatic carbocycles. The number of nitrogens with zero attached hydrogens (tertiary/aromatic N) is 11. The minimum absolute atomic E-state index is 0.968. The van der Waals surface area contributed by atoms with Crippen molar-refractivity contribution in [2.24, 2.45) is 0 Å². The Morgan fingerprint density at radius 1 is 0.132 bits per heavy atom. The van der Waals surface area contributed by atoms with Crippen LogP contribution in [0.2, 0.25) is 0 Å². The van der Waals surface area contributed by atoms with Gasteiger partial charge in [-0.05, 0) is 212 Å². The van der Waals surface area contributed by atoms with Gasteiger partial charge in [0.25, 0.3) is 0 Å². The fourth-order valence-electron chi connectivity index (χ4n) is 25.0. The molecule has 0 radical (unpaired) electrons. The van der Waals surface area contributed by atoms with Crippen molar-refractivity contribution in [3.05, 3.63) is 480 Å². The summed E-state index contributed by atoms with van der Waals surface area (Å²) in [6.45, 7) is 0. The number of pyridine rings is 1. The number of fused-ring (bicyclic) bond motifs is 48. The van der Waals surface area contributed by atoms with E-state index < -0.39 is 0 Å². The van der Waals surface area contributed by atoms with Gasteiger partial charge in [-0.3, -0.25) is 4.98 Å². The van der Waals surface area contributed by atoms with Gasteiger partial charge in [-0.25, -0.2) is 19.9 Å². The molecule has 24 aromatic carbocycles. The van der Waals surface area contributed by atoms with Crippen molar-refractivity contribution in [1.29, 1.82) is 0 Å². The van der Waals surface area contributed by atoms with E-state index in [1.54, 1.807) is 12.7 Å². The lowest BCUT2D eigenvalue weighted by molar-refractivity contribution is 1.15. The van der Waals surface area contributed by atoms with E-state index in [0.29, 0.717) is 0 Å². The Hall–Kier alpha value is -19.5. The molecule has 0 saturated heterocycles. The van der Waals surface area contributed by atoms with Gasteiger partial charge in [-0.2, -0.15) is 0 Å². The van der Waals surface area contributed by atoms with E-state index >= 15 is 0 Å². The maximum atomic E-state index is 5.11. The van der Waals surface area contributed by atoms with Crippen LogP contribution in [0.15, 0.2) is 480 Å². The third-order valence-electron chi connectivity index (χ3n) is 30.7. The SMILES string of the molecule is c1ccc(-n2c3ccccc3c3c4cccnc4c4c5ccccc5n(-c5ccc6c7ccccc7c7ccccc7c6c5)c4c32)cc1.c1ccc(-n2c3ccccc3c3c4cncnc4c4c5ccccc5n(-c5ccc6c7ccccc7c7ccccc7c6c5)c4c32)cc1.c1ccc(-n2c3ccccc3c3c4ncncc4c4c5ccccc5n(-c5ccc6c7ccccc7c7ccccc7c6c5)c4c32)cc1. The molecular weight excluding hydrogens is 1750 g/mol. The second kappa shape index (κ2) is 31.0. The number of rotatable bonds is 6. The van der Waals surface area contributed by atoms with Crippen LogP contribution in [0.5, 0.6) is 0 Å². The molecule has 666 valence electrons. The van der Waals surface area contributed by atoms with Gasteiger partial charge in [0.05, 0.1) is 82.8 Å². The van der Waals surface area contributed by atoms with E-state index in [-0.39, 0.29) is 0 Å². The van der Waals surface area contributed by atoms with Crippen LogP contribution in [0, 0.1) is 0 Å². The van der Waals surface area contributed by atoms with Gasteiger partial charge in [-0.15, -0.1) is 0 Å². The zero-order valence-electron chi connectivity index (χ0n) is 77.5. The maximum absolute atomic E-state index is 5.11. The second-order valence-electron chi connectivity index (χ2n) is 37.9. The molecule has 0 atom stereocenters. The summed E-state index contributed by atoms with van der Waals surface area (Å²) in [6.07, 6.45) is 9.29. The van der Waals surface area contributed by atoms with Gasteiger partial charge in [0.1, 0.15) is 12.7 Å². The summed E-state index contributed by atoms with van der Waals surface area (Å²) in [6, 6.07) is 163. The lowest BCUT2D eigenvalue weighted by atomic mass is 9.94. The van der Waals surface area contributed by atoms with Crippen molar-refractivity contribution in [1.82, 2.24) is 52.3 Å². The molecular formula is C133H79N11. The Labute approximate surface area is 821 Å². The summed E-state index contributed by atoms with van der Waals surface area (Å²) in [5, 5.41) is 40.3. The van der Waals surface area contributed by atoms with E-state index in [2.05, 4.69) is 486 Å². The molecule has 0 fully saturated rings. The molecule has 0 bridgehead atoms. The maximum Gasteiger partial charge on any atom is 0.116 e. The summed E-state index contributed by atoms with van der Waals surface area (Å²) < 4.78 is 14.7. The first-order valence-corrected chi connectivity index (χ1v) is 49.2. The Morgan fingerprint density at radius 3 is 0.597 bits per heavy atom. The molecule has 9 aromatic heterocycles. The molecule has 9 heterocycles. The highest BCUT2D eigenvalue weighted by molar-refractivity contribution is 6.40.